The van der Waals surface area contributed by atoms with Crippen molar-refractivity contribution in [2.24, 2.45) is 11.5 Å². The van der Waals surface area contributed by atoms with E-state index in [9.17, 15) is 0 Å². The van der Waals surface area contributed by atoms with Crippen LogP contribution in [0.25, 0.3) is 22.4 Å². The molecule has 112 valence electrons. The first-order valence-electron chi connectivity index (χ1n) is 7.04. The molecular weight excluding hydrogens is 278 g/mol. The van der Waals surface area contributed by atoms with Gasteiger partial charge in [-0.3, -0.25) is 4.98 Å². The molecule has 0 aromatic carbocycles. The minimum Gasteiger partial charge on any atom is -0.328 e. The third kappa shape index (κ3) is 2.90. The molecule has 7 heteroatoms. The van der Waals surface area contributed by atoms with Crippen LogP contribution in [-0.2, 0) is 0 Å². The van der Waals surface area contributed by atoms with E-state index in [1.165, 1.54) is 6.33 Å². The van der Waals surface area contributed by atoms with Crippen LogP contribution in [-0.4, -0.2) is 31.0 Å². The van der Waals surface area contributed by atoms with Crippen LogP contribution in [0.1, 0.15) is 25.1 Å². The van der Waals surface area contributed by atoms with E-state index in [2.05, 4.69) is 24.9 Å². The quantitative estimate of drug-likeness (QED) is 0.743. The van der Waals surface area contributed by atoms with Crippen LogP contribution in [0.15, 0.2) is 37.1 Å². The summed E-state index contributed by atoms with van der Waals surface area (Å²) in [4.78, 5) is 21.4. The fourth-order valence-corrected chi connectivity index (χ4v) is 2.34. The molecule has 2 atom stereocenters. The van der Waals surface area contributed by atoms with Gasteiger partial charge in [0.2, 0.25) is 0 Å². The molecule has 22 heavy (non-hydrogen) atoms. The molecule has 0 spiro atoms. The number of rotatable bonds is 4. The summed E-state index contributed by atoms with van der Waals surface area (Å²) in [7, 11) is 0. The number of pyridine rings is 1. The summed E-state index contributed by atoms with van der Waals surface area (Å²) in [6.45, 7) is 1.93. The smallest absolute Gasteiger partial charge is 0.179 e. The zero-order valence-corrected chi connectivity index (χ0v) is 12.2. The Morgan fingerprint density at radius 2 is 1.91 bits per heavy atom. The van der Waals surface area contributed by atoms with Crippen molar-refractivity contribution in [1.82, 2.24) is 24.9 Å². The molecule has 0 fully saturated rings. The van der Waals surface area contributed by atoms with Gasteiger partial charge in [-0.25, -0.2) is 19.9 Å². The molecule has 3 aromatic heterocycles. The molecular formula is C15H17N7. The molecule has 0 aliphatic rings. The maximum absolute atomic E-state index is 6.29. The highest BCUT2D eigenvalue weighted by atomic mass is 15.0. The van der Waals surface area contributed by atoms with Gasteiger partial charge in [0.1, 0.15) is 12.0 Å². The Hall–Kier alpha value is -2.51. The minimum absolute atomic E-state index is 0.00986. The number of nitrogens with zero attached hydrogens (tertiary/aromatic N) is 5. The van der Waals surface area contributed by atoms with Gasteiger partial charge in [0.25, 0.3) is 0 Å². The summed E-state index contributed by atoms with van der Waals surface area (Å²) in [5.74, 6) is 0.512. The van der Waals surface area contributed by atoms with Crippen LogP contribution in [0.4, 0.5) is 0 Å². The van der Waals surface area contributed by atoms with E-state index in [1.807, 2.05) is 13.0 Å². The topological polar surface area (TPSA) is 116 Å². The molecule has 0 saturated carbocycles. The summed E-state index contributed by atoms with van der Waals surface area (Å²) in [6, 6.07) is 3.35. The summed E-state index contributed by atoms with van der Waals surface area (Å²) in [5.41, 5.74) is 14.3. The average Bonchev–Trinajstić information content (AvgIpc) is 2.54. The Balaban J connectivity index is 2.16. The second-order valence-corrected chi connectivity index (χ2v) is 5.24. The first kappa shape index (κ1) is 14.4. The molecule has 7 nitrogen and oxygen atoms in total. The van der Waals surface area contributed by atoms with Crippen LogP contribution < -0.4 is 11.5 Å². The number of nitrogens with two attached hydrogens (primary N) is 2. The molecule has 3 aromatic rings. The zero-order chi connectivity index (χ0) is 15.5. The predicted molar refractivity (Wildman–Crippen MR) is 83.6 cm³/mol. The van der Waals surface area contributed by atoms with Crippen molar-refractivity contribution in [3.8, 4) is 11.5 Å². The highest BCUT2D eigenvalue weighted by Gasteiger charge is 2.17. The van der Waals surface area contributed by atoms with Crippen molar-refractivity contribution in [2.75, 3.05) is 0 Å². The van der Waals surface area contributed by atoms with E-state index in [4.69, 9.17) is 11.5 Å². The molecule has 4 N–H and O–H groups in total. The van der Waals surface area contributed by atoms with Gasteiger partial charge in [-0.05, 0) is 25.5 Å². The van der Waals surface area contributed by atoms with Gasteiger partial charge >= 0.3 is 0 Å². The molecule has 0 aliphatic heterocycles. The van der Waals surface area contributed by atoms with Crippen molar-refractivity contribution < 1.29 is 0 Å². The number of hydrogen-bond donors (Lipinski definition) is 2. The monoisotopic (exact) mass is 295 g/mol. The first-order chi connectivity index (χ1) is 10.6. The summed E-state index contributed by atoms with van der Waals surface area (Å²) >= 11 is 0. The zero-order valence-electron chi connectivity index (χ0n) is 12.2. The highest BCUT2D eigenvalue weighted by Crippen LogP contribution is 2.25. The largest absolute Gasteiger partial charge is 0.328 e. The molecule has 0 bridgehead atoms. The minimum atomic E-state index is -0.270. The summed E-state index contributed by atoms with van der Waals surface area (Å²) in [6.07, 6.45) is 7.16. The third-order valence-electron chi connectivity index (χ3n) is 3.32. The lowest BCUT2D eigenvalue weighted by Gasteiger charge is -2.16. The lowest BCUT2D eigenvalue weighted by molar-refractivity contribution is 0.561. The van der Waals surface area contributed by atoms with E-state index >= 15 is 0 Å². The predicted octanol–water partition coefficient (Wildman–Crippen LogP) is 1.22. The van der Waals surface area contributed by atoms with Crippen LogP contribution >= 0.6 is 0 Å². The van der Waals surface area contributed by atoms with Gasteiger partial charge in [0.15, 0.2) is 5.82 Å². The Morgan fingerprint density at radius 3 is 2.64 bits per heavy atom. The van der Waals surface area contributed by atoms with E-state index < -0.39 is 0 Å². The van der Waals surface area contributed by atoms with Gasteiger partial charge in [-0.15, -0.1) is 0 Å². The fourth-order valence-electron chi connectivity index (χ4n) is 2.34. The molecule has 0 aliphatic carbocycles. The molecule has 0 saturated heterocycles. The molecule has 3 heterocycles. The van der Waals surface area contributed by atoms with Crippen LogP contribution in [0.3, 0.4) is 0 Å². The lowest BCUT2D eigenvalue weighted by atomic mass is 10.0. The lowest BCUT2D eigenvalue weighted by Crippen LogP contribution is -2.24. The van der Waals surface area contributed by atoms with Crippen molar-refractivity contribution in [3.63, 3.8) is 0 Å². The number of aromatic nitrogens is 5. The second kappa shape index (κ2) is 6.08. The van der Waals surface area contributed by atoms with Crippen molar-refractivity contribution in [1.29, 1.82) is 0 Å². The Bertz CT molecular complexity index is 773. The number of fused-ring (bicyclic) bond motifs is 1. The Morgan fingerprint density at radius 1 is 1.09 bits per heavy atom. The van der Waals surface area contributed by atoms with E-state index in [0.717, 1.165) is 16.6 Å². The SMILES string of the molecule is CC(N)CC(N)c1nc(-c2ccncn2)nc2cnccc12. The van der Waals surface area contributed by atoms with Crippen molar-refractivity contribution >= 4 is 10.9 Å². The summed E-state index contributed by atoms with van der Waals surface area (Å²) < 4.78 is 0. The second-order valence-electron chi connectivity index (χ2n) is 5.24. The van der Waals surface area contributed by atoms with Gasteiger partial charge in [-0.2, -0.15) is 0 Å². The van der Waals surface area contributed by atoms with E-state index in [0.29, 0.717) is 17.9 Å². The third-order valence-corrected chi connectivity index (χ3v) is 3.32. The maximum atomic E-state index is 6.29. The normalized spacial score (nSPS) is 14.0. The van der Waals surface area contributed by atoms with Gasteiger partial charge in [0.05, 0.1) is 17.4 Å². The van der Waals surface area contributed by atoms with E-state index in [1.54, 1.807) is 24.7 Å². The van der Waals surface area contributed by atoms with Crippen LogP contribution in [0.5, 0.6) is 0 Å². The van der Waals surface area contributed by atoms with E-state index in [-0.39, 0.29) is 12.1 Å². The van der Waals surface area contributed by atoms with Gasteiger partial charge in [-0.1, -0.05) is 0 Å². The average molecular weight is 295 g/mol. The maximum Gasteiger partial charge on any atom is 0.179 e. The standard InChI is InChI=1S/C15H17N7/c1-9(16)6-11(17)14-10-2-4-18-7-13(10)21-15(22-14)12-3-5-19-8-20-12/h2-5,7-9,11H,6,16-17H2,1H3. The Kier molecular flexibility index (Phi) is 3.99. The molecule has 3 rings (SSSR count). The van der Waals surface area contributed by atoms with Crippen molar-refractivity contribution in [2.45, 2.75) is 25.4 Å². The van der Waals surface area contributed by atoms with Crippen molar-refractivity contribution in [3.05, 3.63) is 42.7 Å². The van der Waals surface area contributed by atoms with Gasteiger partial charge < -0.3 is 11.5 Å². The molecule has 2 unspecified atom stereocenters. The molecule has 0 amide bonds. The molecule has 0 radical (unpaired) electrons. The van der Waals surface area contributed by atoms with Crippen LogP contribution in [0, 0.1) is 0 Å². The number of hydrogen-bond acceptors (Lipinski definition) is 7. The van der Waals surface area contributed by atoms with Crippen LogP contribution in [0.2, 0.25) is 0 Å². The Labute approximate surface area is 127 Å². The fraction of sp³-hybridized carbons (Fsp3) is 0.267. The summed E-state index contributed by atoms with van der Waals surface area (Å²) in [5, 5.41) is 0.890. The first-order valence-corrected chi connectivity index (χ1v) is 7.04. The van der Waals surface area contributed by atoms with Gasteiger partial charge in [0, 0.05) is 29.9 Å². The highest BCUT2D eigenvalue weighted by molar-refractivity contribution is 5.82.